The molecule has 0 fully saturated rings. The van der Waals surface area contributed by atoms with Gasteiger partial charge in [0.15, 0.2) is 11.6 Å². The van der Waals surface area contributed by atoms with Crippen molar-refractivity contribution >= 4 is 11.9 Å². The first-order chi connectivity index (χ1) is 10.9. The quantitative estimate of drug-likeness (QED) is 0.709. The maximum absolute atomic E-state index is 13.6. The maximum atomic E-state index is 13.6. The van der Waals surface area contributed by atoms with Gasteiger partial charge in [0.25, 0.3) is 0 Å². The summed E-state index contributed by atoms with van der Waals surface area (Å²) in [6.07, 6.45) is 1.07. The number of anilines is 1. The van der Waals surface area contributed by atoms with Crippen molar-refractivity contribution in [3.05, 3.63) is 46.5 Å². The van der Waals surface area contributed by atoms with Gasteiger partial charge in [-0.3, -0.25) is 0 Å². The summed E-state index contributed by atoms with van der Waals surface area (Å²) < 4.78 is 13.6. The van der Waals surface area contributed by atoms with Crippen LogP contribution in [0.15, 0.2) is 18.2 Å². The van der Waals surface area contributed by atoms with Gasteiger partial charge in [0.05, 0.1) is 11.4 Å². The normalized spacial score (nSPS) is 10.6. The molecule has 23 heavy (non-hydrogen) atoms. The molecule has 3 N–H and O–H groups in total. The first kappa shape index (κ1) is 16.7. The molecule has 1 aromatic heterocycles. The average molecular weight is 319 g/mol. The number of aromatic nitrogens is 2. The summed E-state index contributed by atoms with van der Waals surface area (Å²) in [4.78, 5) is 19.3. The van der Waals surface area contributed by atoms with Crippen molar-refractivity contribution < 1.29 is 19.4 Å². The molecule has 0 atom stereocenters. The molecule has 0 aliphatic rings. The number of nitrogens with one attached hydrogen (secondary N) is 1. The van der Waals surface area contributed by atoms with Gasteiger partial charge in [-0.05, 0) is 38.3 Å². The van der Waals surface area contributed by atoms with Gasteiger partial charge in [0, 0.05) is 6.54 Å². The van der Waals surface area contributed by atoms with E-state index in [1.165, 1.54) is 6.07 Å². The Kier molecular flexibility index (Phi) is 5.10. The summed E-state index contributed by atoms with van der Waals surface area (Å²) in [5.74, 6) is -1.65. The number of hydrogen-bond donors (Lipinski definition) is 3. The summed E-state index contributed by atoms with van der Waals surface area (Å²) in [5.41, 5.74) is 1.34. The lowest BCUT2D eigenvalue weighted by Gasteiger charge is -2.09. The first-order valence-electron chi connectivity index (χ1n) is 7.19. The number of halogens is 1. The number of benzene rings is 1. The molecule has 0 unspecified atom stereocenters. The van der Waals surface area contributed by atoms with Crippen molar-refractivity contribution in [3.8, 4) is 5.75 Å². The van der Waals surface area contributed by atoms with Gasteiger partial charge in [-0.2, -0.15) is 0 Å². The number of carboxylic acid groups (broad SMARTS) is 1. The van der Waals surface area contributed by atoms with E-state index in [2.05, 4.69) is 15.3 Å². The number of aromatic hydroxyl groups is 1. The molecule has 1 heterocycles. The Bertz CT molecular complexity index is 712. The lowest BCUT2D eigenvalue weighted by atomic mass is 10.1. The topological polar surface area (TPSA) is 95.3 Å². The number of phenolic OH excluding ortho intramolecular Hbond substituents is 1. The molecule has 0 amide bonds. The third-order valence-corrected chi connectivity index (χ3v) is 3.45. The molecule has 0 radical (unpaired) electrons. The second-order valence-corrected chi connectivity index (χ2v) is 5.18. The minimum absolute atomic E-state index is 0.109. The van der Waals surface area contributed by atoms with Crippen LogP contribution in [0.2, 0.25) is 0 Å². The van der Waals surface area contributed by atoms with Crippen LogP contribution in [0.25, 0.3) is 0 Å². The van der Waals surface area contributed by atoms with Crippen LogP contribution in [-0.4, -0.2) is 32.7 Å². The van der Waals surface area contributed by atoms with Gasteiger partial charge in [0.1, 0.15) is 5.56 Å². The molecular formula is C16H18FN3O3. The molecule has 0 bridgehead atoms. The second-order valence-electron chi connectivity index (χ2n) is 5.18. The fraction of sp³-hybridized carbons (Fsp3) is 0.312. The molecule has 0 saturated heterocycles. The van der Waals surface area contributed by atoms with E-state index >= 15 is 0 Å². The Morgan fingerprint density at radius 3 is 2.52 bits per heavy atom. The van der Waals surface area contributed by atoms with Crippen LogP contribution in [-0.2, 0) is 6.42 Å². The number of carboxylic acids is 1. The highest BCUT2D eigenvalue weighted by Crippen LogP contribution is 2.19. The Labute approximate surface area is 133 Å². The van der Waals surface area contributed by atoms with Crippen molar-refractivity contribution in [3.63, 3.8) is 0 Å². The summed E-state index contributed by atoms with van der Waals surface area (Å²) in [6.45, 7) is 3.73. The number of nitrogens with zero attached hydrogens (tertiary/aromatic N) is 2. The van der Waals surface area contributed by atoms with Gasteiger partial charge in [-0.1, -0.05) is 12.1 Å². The van der Waals surface area contributed by atoms with E-state index in [0.29, 0.717) is 42.3 Å². The monoisotopic (exact) mass is 319 g/mol. The van der Waals surface area contributed by atoms with Crippen LogP contribution in [0.4, 0.5) is 10.3 Å². The van der Waals surface area contributed by atoms with Crippen molar-refractivity contribution in [1.82, 2.24) is 9.97 Å². The van der Waals surface area contributed by atoms with Crippen LogP contribution in [0.3, 0.4) is 0 Å². The van der Waals surface area contributed by atoms with E-state index in [1.54, 1.807) is 26.0 Å². The van der Waals surface area contributed by atoms with Crippen molar-refractivity contribution in [1.29, 1.82) is 0 Å². The van der Waals surface area contributed by atoms with Crippen molar-refractivity contribution in [2.75, 3.05) is 11.9 Å². The van der Waals surface area contributed by atoms with Gasteiger partial charge in [-0.25, -0.2) is 19.2 Å². The predicted octanol–water partition coefficient (Wildman–Crippen LogP) is 2.68. The van der Waals surface area contributed by atoms with Crippen LogP contribution < -0.4 is 5.32 Å². The van der Waals surface area contributed by atoms with Gasteiger partial charge < -0.3 is 15.5 Å². The zero-order valence-corrected chi connectivity index (χ0v) is 12.9. The number of carbonyl (C=O) groups is 1. The summed E-state index contributed by atoms with van der Waals surface area (Å²) >= 11 is 0. The fourth-order valence-corrected chi connectivity index (χ4v) is 2.34. The highest BCUT2D eigenvalue weighted by atomic mass is 19.1. The third kappa shape index (κ3) is 3.94. The van der Waals surface area contributed by atoms with Crippen molar-refractivity contribution in [2.45, 2.75) is 26.7 Å². The number of aryl methyl sites for hydroxylation is 3. The largest absolute Gasteiger partial charge is 0.505 e. The van der Waals surface area contributed by atoms with E-state index in [-0.39, 0.29) is 11.3 Å². The predicted molar refractivity (Wildman–Crippen MR) is 83.3 cm³/mol. The third-order valence-electron chi connectivity index (χ3n) is 3.45. The fourth-order valence-electron chi connectivity index (χ4n) is 2.34. The van der Waals surface area contributed by atoms with Crippen molar-refractivity contribution in [2.24, 2.45) is 0 Å². The van der Waals surface area contributed by atoms with Crippen LogP contribution in [0.5, 0.6) is 5.75 Å². The van der Waals surface area contributed by atoms with Gasteiger partial charge in [-0.15, -0.1) is 0 Å². The molecule has 0 saturated carbocycles. The lowest BCUT2D eigenvalue weighted by Crippen LogP contribution is -2.12. The zero-order valence-electron chi connectivity index (χ0n) is 12.9. The van der Waals surface area contributed by atoms with E-state index in [0.717, 1.165) is 0 Å². The standard InChI is InChI=1S/C16H18FN3O3/c1-9-13(15(22)23)10(2)20-16(19-9)18-8-4-6-11-5-3-7-12(21)14(11)17/h3,5,7,21H,4,6,8H2,1-2H3,(H,22,23)(H,18,19,20). The maximum Gasteiger partial charge on any atom is 0.339 e. The molecule has 0 spiro atoms. The molecule has 1 aromatic carbocycles. The van der Waals surface area contributed by atoms with Gasteiger partial charge >= 0.3 is 5.97 Å². The zero-order chi connectivity index (χ0) is 17.0. The minimum atomic E-state index is -1.05. The lowest BCUT2D eigenvalue weighted by molar-refractivity contribution is 0.0694. The van der Waals surface area contributed by atoms with E-state index < -0.39 is 11.8 Å². The Morgan fingerprint density at radius 1 is 1.26 bits per heavy atom. The highest BCUT2D eigenvalue weighted by Gasteiger charge is 2.14. The Morgan fingerprint density at radius 2 is 1.91 bits per heavy atom. The average Bonchev–Trinajstić information content (AvgIpc) is 2.46. The highest BCUT2D eigenvalue weighted by molar-refractivity contribution is 5.90. The first-order valence-corrected chi connectivity index (χ1v) is 7.19. The number of hydrogen-bond acceptors (Lipinski definition) is 5. The van der Waals surface area contributed by atoms with E-state index in [1.807, 2.05) is 0 Å². The van der Waals surface area contributed by atoms with E-state index in [4.69, 9.17) is 5.11 Å². The molecule has 122 valence electrons. The summed E-state index contributed by atoms with van der Waals surface area (Å²) in [7, 11) is 0. The smallest absolute Gasteiger partial charge is 0.339 e. The SMILES string of the molecule is Cc1nc(NCCCc2cccc(O)c2F)nc(C)c1C(=O)O. The molecule has 6 nitrogen and oxygen atoms in total. The molecule has 7 heteroatoms. The summed E-state index contributed by atoms with van der Waals surface area (Å²) in [6, 6.07) is 4.53. The number of phenols is 1. The molecular weight excluding hydrogens is 301 g/mol. The van der Waals surface area contributed by atoms with E-state index in [9.17, 15) is 14.3 Å². The Hall–Kier alpha value is -2.70. The minimum Gasteiger partial charge on any atom is -0.505 e. The van der Waals surface area contributed by atoms with Crippen LogP contribution in [0, 0.1) is 19.7 Å². The van der Waals surface area contributed by atoms with Crippen LogP contribution >= 0.6 is 0 Å². The second kappa shape index (κ2) is 7.04. The molecule has 0 aliphatic carbocycles. The molecule has 0 aliphatic heterocycles. The summed E-state index contributed by atoms with van der Waals surface area (Å²) in [5, 5.41) is 21.4. The number of rotatable bonds is 6. The van der Waals surface area contributed by atoms with Crippen LogP contribution in [0.1, 0.15) is 33.7 Å². The molecule has 2 rings (SSSR count). The molecule has 2 aromatic rings. The number of aromatic carboxylic acids is 1. The van der Waals surface area contributed by atoms with Gasteiger partial charge in [0.2, 0.25) is 5.95 Å². The Balaban J connectivity index is 1.94.